The number of aliphatic hydroxyl groups excluding tert-OH is 2. The molecule has 1 heterocycles. The van der Waals surface area contributed by atoms with Crippen LogP contribution in [0.2, 0.25) is 0 Å². The largest absolute Gasteiger partial charge is 0.480 e. The number of hydrogen-bond acceptors (Lipinski definition) is 11. The van der Waals surface area contributed by atoms with E-state index in [0.717, 1.165) is 0 Å². The molecule has 1 aliphatic heterocycles. The number of aliphatic hydroxyl groups is 2. The molecule has 3 unspecified atom stereocenters. The van der Waals surface area contributed by atoms with E-state index in [1.807, 2.05) is 0 Å². The van der Waals surface area contributed by atoms with Crippen molar-refractivity contribution in [3.05, 3.63) is 0 Å². The van der Waals surface area contributed by atoms with E-state index < -0.39 is 54.5 Å². The highest BCUT2D eigenvalue weighted by Crippen LogP contribution is 2.21. The molecule has 0 bridgehead atoms. The van der Waals surface area contributed by atoms with E-state index in [1.165, 1.54) is 18.8 Å². The molecule has 0 saturated carbocycles. The molecule has 2 amide bonds. The smallest absolute Gasteiger partial charge is 0.335 e. The second-order valence-electron chi connectivity index (χ2n) is 7.35. The van der Waals surface area contributed by atoms with Crippen molar-refractivity contribution in [2.45, 2.75) is 49.5 Å². The summed E-state index contributed by atoms with van der Waals surface area (Å²) in [6.07, 6.45) is -3.84. The minimum Gasteiger partial charge on any atom is -0.480 e. The number of amides is 2. The fourth-order valence-corrected chi connectivity index (χ4v) is 3.46. The summed E-state index contributed by atoms with van der Waals surface area (Å²) in [4.78, 5) is 46.4. The Bertz CT molecular complexity index is 684. The zero-order valence-corrected chi connectivity index (χ0v) is 19.8. The fourth-order valence-electron chi connectivity index (χ4n) is 2.90. The number of rotatable bonds is 16. The third kappa shape index (κ3) is 10.5. The number of ether oxygens (including phenoxy) is 3. The van der Waals surface area contributed by atoms with Crippen molar-refractivity contribution in [1.29, 1.82) is 0 Å². The second-order valence-corrected chi connectivity index (χ2v) is 8.26. The summed E-state index contributed by atoms with van der Waals surface area (Å²) in [5.41, 5.74) is 0. The molecule has 14 nitrogen and oxygen atoms in total. The molecule has 0 aliphatic carbocycles. The van der Waals surface area contributed by atoms with Gasteiger partial charge in [0.2, 0.25) is 11.8 Å². The summed E-state index contributed by atoms with van der Waals surface area (Å²) in [7, 11) is 1.51. The second kappa shape index (κ2) is 15.8. The van der Waals surface area contributed by atoms with Crippen LogP contribution in [0, 0.1) is 0 Å². The zero-order chi connectivity index (χ0) is 25.7. The molecule has 0 spiro atoms. The highest BCUT2D eigenvalue weighted by Gasteiger charge is 2.41. The van der Waals surface area contributed by atoms with Crippen LogP contribution in [0.3, 0.4) is 0 Å². The summed E-state index contributed by atoms with van der Waals surface area (Å²) < 4.78 is 15.7. The number of carboxylic acids is 2. The van der Waals surface area contributed by atoms with Crippen LogP contribution in [0.5, 0.6) is 0 Å². The van der Waals surface area contributed by atoms with Gasteiger partial charge in [-0.3, -0.25) is 9.59 Å². The maximum atomic E-state index is 12.2. The lowest BCUT2D eigenvalue weighted by Crippen LogP contribution is -2.54. The van der Waals surface area contributed by atoms with Crippen LogP contribution >= 0.6 is 11.8 Å². The Hall–Kier alpha value is -2.01. The monoisotopic (exact) mass is 511 g/mol. The van der Waals surface area contributed by atoms with Gasteiger partial charge in [-0.1, -0.05) is 0 Å². The SMILES string of the molecule is CN[C@@H](CNC(=O)CCOCCOC1C[C@@H](O)C(O)C(C(=O)O)O1)C(=O)N[C@H](CSC)C(=O)O. The molecule has 6 atom stereocenters. The van der Waals surface area contributed by atoms with E-state index >= 15 is 0 Å². The van der Waals surface area contributed by atoms with E-state index in [4.69, 9.17) is 24.4 Å². The van der Waals surface area contributed by atoms with Crippen molar-refractivity contribution in [1.82, 2.24) is 16.0 Å². The summed E-state index contributed by atoms with van der Waals surface area (Å²) >= 11 is 1.28. The Balaban J connectivity index is 2.24. The maximum absolute atomic E-state index is 12.2. The molecular formula is C19H33N3O11S. The number of carbonyl (C=O) groups is 4. The van der Waals surface area contributed by atoms with Gasteiger partial charge in [0.15, 0.2) is 12.4 Å². The summed E-state index contributed by atoms with van der Waals surface area (Å²) in [5, 5.41) is 45.1. The average Bonchev–Trinajstić information content (AvgIpc) is 2.78. The zero-order valence-electron chi connectivity index (χ0n) is 19.0. The molecule has 0 aromatic rings. The van der Waals surface area contributed by atoms with E-state index in [9.17, 15) is 29.4 Å². The Morgan fingerprint density at radius 2 is 1.82 bits per heavy atom. The first kappa shape index (κ1) is 30.0. The number of aliphatic carboxylic acids is 2. The first-order valence-corrected chi connectivity index (χ1v) is 11.9. The van der Waals surface area contributed by atoms with Crippen molar-refractivity contribution >= 4 is 35.5 Å². The first-order chi connectivity index (χ1) is 16.1. The van der Waals surface area contributed by atoms with Gasteiger partial charge < -0.3 is 50.6 Å². The van der Waals surface area contributed by atoms with Crippen LogP contribution in [0.1, 0.15) is 12.8 Å². The van der Waals surface area contributed by atoms with Crippen molar-refractivity contribution < 1.29 is 53.8 Å². The van der Waals surface area contributed by atoms with Crippen LogP contribution in [0.15, 0.2) is 0 Å². The Kier molecular flexibility index (Phi) is 14.0. The van der Waals surface area contributed by atoms with E-state index in [0.29, 0.717) is 0 Å². The molecule has 0 radical (unpaired) electrons. The van der Waals surface area contributed by atoms with Crippen LogP contribution in [-0.2, 0) is 33.4 Å². The predicted molar refractivity (Wildman–Crippen MR) is 118 cm³/mol. The molecule has 7 N–H and O–H groups in total. The first-order valence-electron chi connectivity index (χ1n) is 10.5. The van der Waals surface area contributed by atoms with Gasteiger partial charge in [-0.15, -0.1) is 0 Å². The quantitative estimate of drug-likeness (QED) is 0.103. The molecule has 1 fully saturated rings. The average molecular weight is 512 g/mol. The molecule has 0 aromatic carbocycles. The molecule has 34 heavy (non-hydrogen) atoms. The fraction of sp³-hybridized carbons (Fsp3) is 0.789. The lowest BCUT2D eigenvalue weighted by molar-refractivity contribution is -0.253. The Morgan fingerprint density at radius 1 is 1.12 bits per heavy atom. The standard InChI is InChI=1S/C19H33N3O11S/c1-20-10(17(26)22-11(9-34-2)18(27)28)8-21-13(24)3-4-31-5-6-32-14-7-12(23)15(25)16(33-14)19(29)30/h10-12,14-16,20,23,25H,3-9H2,1-2H3,(H,21,24)(H,22,26)(H,27,28)(H,29,30)/t10-,11+,12+,14?,15?,16?/m0/s1. The minimum atomic E-state index is -1.59. The third-order valence-corrected chi connectivity index (χ3v) is 5.47. The van der Waals surface area contributed by atoms with Gasteiger partial charge in [-0.05, 0) is 13.3 Å². The van der Waals surface area contributed by atoms with Crippen molar-refractivity contribution in [3.8, 4) is 0 Å². The van der Waals surface area contributed by atoms with Crippen LogP contribution < -0.4 is 16.0 Å². The van der Waals surface area contributed by atoms with Crippen molar-refractivity contribution in [2.75, 3.05) is 45.4 Å². The van der Waals surface area contributed by atoms with Gasteiger partial charge in [0, 0.05) is 25.1 Å². The molecule has 15 heteroatoms. The van der Waals surface area contributed by atoms with E-state index in [2.05, 4.69) is 16.0 Å². The molecule has 196 valence electrons. The maximum Gasteiger partial charge on any atom is 0.335 e. The Morgan fingerprint density at radius 3 is 2.41 bits per heavy atom. The van der Waals surface area contributed by atoms with Gasteiger partial charge in [0.05, 0.1) is 25.9 Å². The van der Waals surface area contributed by atoms with Crippen molar-refractivity contribution in [2.24, 2.45) is 0 Å². The number of hydrogen-bond donors (Lipinski definition) is 7. The number of carbonyl (C=O) groups excluding carboxylic acids is 2. The lowest BCUT2D eigenvalue weighted by atomic mass is 10.0. The normalized spacial score (nSPS) is 24.1. The number of nitrogens with one attached hydrogen (secondary N) is 3. The van der Waals surface area contributed by atoms with Gasteiger partial charge in [0.1, 0.15) is 18.2 Å². The predicted octanol–water partition coefficient (Wildman–Crippen LogP) is -3.03. The molecular weight excluding hydrogens is 478 g/mol. The van der Waals surface area contributed by atoms with E-state index in [-0.39, 0.29) is 50.9 Å². The number of carboxylic acid groups (broad SMARTS) is 2. The van der Waals surface area contributed by atoms with Crippen LogP contribution in [0.4, 0.5) is 0 Å². The van der Waals surface area contributed by atoms with Gasteiger partial charge in [-0.25, -0.2) is 9.59 Å². The van der Waals surface area contributed by atoms with Gasteiger partial charge in [0.25, 0.3) is 0 Å². The van der Waals surface area contributed by atoms with Gasteiger partial charge in [-0.2, -0.15) is 11.8 Å². The van der Waals surface area contributed by atoms with Crippen LogP contribution in [-0.4, -0.2) is 126 Å². The Labute approximate surface area is 200 Å². The highest BCUT2D eigenvalue weighted by atomic mass is 32.2. The number of thioether (sulfide) groups is 1. The van der Waals surface area contributed by atoms with E-state index in [1.54, 1.807) is 6.26 Å². The molecule has 0 aromatic heterocycles. The number of likely N-dealkylation sites (N-methyl/N-ethyl adjacent to an activating group) is 1. The summed E-state index contributed by atoms with van der Waals surface area (Å²) in [5.74, 6) is -3.29. The summed E-state index contributed by atoms with van der Waals surface area (Å²) in [6.45, 7) is 0.0696. The molecule has 1 aliphatic rings. The van der Waals surface area contributed by atoms with Crippen LogP contribution in [0.25, 0.3) is 0 Å². The minimum absolute atomic E-state index is 0.00420. The summed E-state index contributed by atoms with van der Waals surface area (Å²) in [6, 6.07) is -1.85. The van der Waals surface area contributed by atoms with Gasteiger partial charge >= 0.3 is 11.9 Å². The lowest BCUT2D eigenvalue weighted by Gasteiger charge is -2.34. The highest BCUT2D eigenvalue weighted by molar-refractivity contribution is 7.98. The topological polar surface area (TPSA) is 213 Å². The third-order valence-electron chi connectivity index (χ3n) is 4.80. The molecule has 1 saturated heterocycles. The van der Waals surface area contributed by atoms with Crippen molar-refractivity contribution in [3.63, 3.8) is 0 Å². The molecule has 1 rings (SSSR count).